The van der Waals surface area contributed by atoms with Crippen LogP contribution in [-0.4, -0.2) is 15.6 Å². The van der Waals surface area contributed by atoms with Crippen molar-refractivity contribution >= 4 is 29.2 Å². The van der Waals surface area contributed by atoms with Crippen molar-refractivity contribution in [2.24, 2.45) is 0 Å². The number of rotatable bonds is 2. The van der Waals surface area contributed by atoms with Crippen molar-refractivity contribution in [3.8, 4) is 5.69 Å². The number of carboxylic acid groups (broad SMARTS) is 1. The van der Waals surface area contributed by atoms with Crippen molar-refractivity contribution in [3.63, 3.8) is 0 Å². The zero-order chi connectivity index (χ0) is 11.7. The van der Waals surface area contributed by atoms with Crippen LogP contribution in [0.2, 0.25) is 10.0 Å². The molecule has 0 spiro atoms. The average Bonchev–Trinajstić information content (AvgIpc) is 2.70. The SMILES string of the molecule is O=C(O)c1cccn1-c1cccc(Cl)c1Cl. The summed E-state index contributed by atoms with van der Waals surface area (Å²) < 4.78 is 1.48. The van der Waals surface area contributed by atoms with E-state index in [0.717, 1.165) is 0 Å². The molecule has 1 aromatic carbocycles. The monoisotopic (exact) mass is 255 g/mol. The van der Waals surface area contributed by atoms with Gasteiger partial charge in [0.05, 0.1) is 15.7 Å². The normalized spacial score (nSPS) is 10.4. The van der Waals surface area contributed by atoms with Crippen molar-refractivity contribution in [2.75, 3.05) is 0 Å². The molecule has 0 radical (unpaired) electrons. The summed E-state index contributed by atoms with van der Waals surface area (Å²) in [7, 11) is 0. The number of carbonyl (C=O) groups is 1. The summed E-state index contributed by atoms with van der Waals surface area (Å²) in [5.41, 5.74) is 0.695. The molecule has 5 heteroatoms. The van der Waals surface area contributed by atoms with Gasteiger partial charge in [-0.2, -0.15) is 0 Å². The summed E-state index contributed by atoms with van der Waals surface area (Å²) in [5, 5.41) is 9.71. The maximum absolute atomic E-state index is 11.0. The van der Waals surface area contributed by atoms with Gasteiger partial charge in [-0.1, -0.05) is 29.3 Å². The minimum Gasteiger partial charge on any atom is -0.477 e. The minimum atomic E-state index is -1.01. The van der Waals surface area contributed by atoms with E-state index in [4.69, 9.17) is 28.3 Å². The number of hydrogen-bond donors (Lipinski definition) is 1. The fraction of sp³-hybridized carbons (Fsp3) is 0. The molecule has 1 heterocycles. The van der Waals surface area contributed by atoms with E-state index in [0.29, 0.717) is 15.7 Å². The van der Waals surface area contributed by atoms with E-state index >= 15 is 0 Å². The van der Waals surface area contributed by atoms with E-state index in [-0.39, 0.29) is 5.69 Å². The number of benzene rings is 1. The molecule has 0 fully saturated rings. The van der Waals surface area contributed by atoms with Crippen LogP contribution >= 0.6 is 23.2 Å². The number of aromatic nitrogens is 1. The van der Waals surface area contributed by atoms with Gasteiger partial charge in [0.1, 0.15) is 5.69 Å². The summed E-state index contributed by atoms with van der Waals surface area (Å²) in [6.45, 7) is 0. The Morgan fingerprint density at radius 2 is 1.94 bits per heavy atom. The topological polar surface area (TPSA) is 42.2 Å². The summed E-state index contributed by atoms with van der Waals surface area (Å²) in [6, 6.07) is 8.22. The predicted octanol–water partition coefficient (Wildman–Crippen LogP) is 3.48. The van der Waals surface area contributed by atoms with Gasteiger partial charge in [0.25, 0.3) is 0 Å². The summed E-state index contributed by atoms with van der Waals surface area (Å²) in [4.78, 5) is 11.0. The molecule has 0 saturated carbocycles. The first-order valence-electron chi connectivity index (χ1n) is 4.46. The second-order valence-corrected chi connectivity index (χ2v) is 3.93. The van der Waals surface area contributed by atoms with E-state index in [1.807, 2.05) is 0 Å². The molecule has 82 valence electrons. The Morgan fingerprint density at radius 3 is 2.62 bits per heavy atom. The Bertz CT molecular complexity index is 549. The first-order chi connectivity index (χ1) is 7.61. The molecule has 1 aromatic heterocycles. The summed E-state index contributed by atoms with van der Waals surface area (Å²) in [6.07, 6.45) is 1.63. The van der Waals surface area contributed by atoms with Crippen molar-refractivity contribution in [1.82, 2.24) is 4.57 Å². The van der Waals surface area contributed by atoms with Gasteiger partial charge in [0, 0.05) is 6.20 Å². The van der Waals surface area contributed by atoms with Crippen molar-refractivity contribution < 1.29 is 9.90 Å². The first kappa shape index (κ1) is 11.0. The van der Waals surface area contributed by atoms with E-state index in [1.54, 1.807) is 30.5 Å². The zero-order valence-electron chi connectivity index (χ0n) is 8.02. The molecule has 2 rings (SSSR count). The van der Waals surface area contributed by atoms with Crippen LogP contribution in [0, 0.1) is 0 Å². The first-order valence-corrected chi connectivity index (χ1v) is 5.22. The molecule has 1 N–H and O–H groups in total. The lowest BCUT2D eigenvalue weighted by Gasteiger charge is -2.09. The summed E-state index contributed by atoms with van der Waals surface area (Å²) >= 11 is 11.9. The average molecular weight is 256 g/mol. The maximum atomic E-state index is 11.0. The van der Waals surface area contributed by atoms with Gasteiger partial charge in [-0.15, -0.1) is 0 Å². The zero-order valence-corrected chi connectivity index (χ0v) is 9.53. The molecular weight excluding hydrogens is 249 g/mol. The molecule has 0 saturated heterocycles. The molecule has 16 heavy (non-hydrogen) atoms. The third kappa shape index (κ3) is 1.79. The Balaban J connectivity index is 2.63. The highest BCUT2D eigenvalue weighted by atomic mass is 35.5. The van der Waals surface area contributed by atoms with Gasteiger partial charge in [-0.05, 0) is 24.3 Å². The van der Waals surface area contributed by atoms with Gasteiger partial charge >= 0.3 is 5.97 Å². The third-order valence-electron chi connectivity index (χ3n) is 2.16. The number of aromatic carboxylic acids is 1. The number of nitrogens with zero attached hydrogens (tertiary/aromatic N) is 1. The Hall–Kier alpha value is -1.45. The van der Waals surface area contributed by atoms with Crippen LogP contribution in [0.4, 0.5) is 0 Å². The second kappa shape index (κ2) is 4.20. The maximum Gasteiger partial charge on any atom is 0.352 e. The van der Waals surface area contributed by atoms with Crippen LogP contribution in [0.5, 0.6) is 0 Å². The molecule has 3 nitrogen and oxygen atoms in total. The van der Waals surface area contributed by atoms with E-state index in [9.17, 15) is 4.79 Å². The molecule has 0 atom stereocenters. The molecule has 0 unspecified atom stereocenters. The van der Waals surface area contributed by atoms with Crippen LogP contribution in [0.3, 0.4) is 0 Å². The highest BCUT2D eigenvalue weighted by molar-refractivity contribution is 6.43. The standard InChI is InChI=1S/C11H7Cl2NO2/c12-7-3-1-4-8(10(7)13)14-6-2-5-9(14)11(15)16/h1-6H,(H,15,16). The molecule has 0 amide bonds. The largest absolute Gasteiger partial charge is 0.477 e. The molecule has 0 aliphatic heterocycles. The second-order valence-electron chi connectivity index (χ2n) is 3.14. The fourth-order valence-corrected chi connectivity index (χ4v) is 1.83. The van der Waals surface area contributed by atoms with Gasteiger partial charge in [0.2, 0.25) is 0 Å². The Kier molecular flexibility index (Phi) is 2.90. The van der Waals surface area contributed by atoms with E-state index in [2.05, 4.69) is 0 Å². The van der Waals surface area contributed by atoms with Crippen molar-refractivity contribution in [3.05, 3.63) is 52.3 Å². The Morgan fingerprint density at radius 1 is 1.19 bits per heavy atom. The molecular formula is C11H7Cl2NO2. The smallest absolute Gasteiger partial charge is 0.352 e. The lowest BCUT2D eigenvalue weighted by Crippen LogP contribution is -2.06. The third-order valence-corrected chi connectivity index (χ3v) is 2.97. The van der Waals surface area contributed by atoms with Crippen LogP contribution in [-0.2, 0) is 0 Å². The molecule has 0 bridgehead atoms. The van der Waals surface area contributed by atoms with Crippen LogP contribution in [0.15, 0.2) is 36.5 Å². The van der Waals surface area contributed by atoms with E-state index in [1.165, 1.54) is 10.6 Å². The van der Waals surface area contributed by atoms with Gasteiger partial charge < -0.3 is 9.67 Å². The van der Waals surface area contributed by atoms with Gasteiger partial charge in [0.15, 0.2) is 0 Å². The number of hydrogen-bond acceptors (Lipinski definition) is 1. The highest BCUT2D eigenvalue weighted by Crippen LogP contribution is 2.29. The predicted molar refractivity (Wildman–Crippen MR) is 62.7 cm³/mol. The summed E-state index contributed by atoms with van der Waals surface area (Å²) in [5.74, 6) is -1.01. The molecule has 0 aliphatic carbocycles. The molecule has 2 aromatic rings. The van der Waals surface area contributed by atoms with Crippen LogP contribution in [0.1, 0.15) is 10.5 Å². The van der Waals surface area contributed by atoms with Crippen LogP contribution in [0.25, 0.3) is 5.69 Å². The van der Waals surface area contributed by atoms with E-state index < -0.39 is 5.97 Å². The quantitative estimate of drug-likeness (QED) is 0.893. The number of halogens is 2. The van der Waals surface area contributed by atoms with Crippen LogP contribution < -0.4 is 0 Å². The lowest BCUT2D eigenvalue weighted by molar-refractivity contribution is 0.0688. The minimum absolute atomic E-state index is 0.143. The van der Waals surface area contributed by atoms with Crippen molar-refractivity contribution in [1.29, 1.82) is 0 Å². The van der Waals surface area contributed by atoms with Gasteiger partial charge in [-0.25, -0.2) is 4.79 Å². The van der Waals surface area contributed by atoms with Crippen molar-refractivity contribution in [2.45, 2.75) is 0 Å². The van der Waals surface area contributed by atoms with Gasteiger partial charge in [-0.3, -0.25) is 0 Å². The highest BCUT2D eigenvalue weighted by Gasteiger charge is 2.13. The fourth-order valence-electron chi connectivity index (χ4n) is 1.44. The Labute approximate surface area is 102 Å². The molecule has 0 aliphatic rings. The lowest BCUT2D eigenvalue weighted by atomic mass is 10.3. The number of carboxylic acids is 1.